The molecular formula is C18H16Cl2N4O3. The van der Waals surface area contributed by atoms with Gasteiger partial charge >= 0.3 is 0 Å². The predicted molar refractivity (Wildman–Crippen MR) is 103 cm³/mol. The third-order valence-corrected chi connectivity index (χ3v) is 3.91. The number of ether oxygens (including phenoxy) is 3. The van der Waals surface area contributed by atoms with Gasteiger partial charge in [-0.3, -0.25) is 0 Å². The lowest BCUT2D eigenvalue weighted by Gasteiger charge is -2.12. The normalized spacial score (nSPS) is 10.9. The van der Waals surface area contributed by atoms with Gasteiger partial charge in [-0.05, 0) is 24.3 Å². The average Bonchev–Trinajstić information content (AvgIpc) is 3.18. The maximum Gasteiger partial charge on any atom is 0.147 e. The molecule has 3 rings (SSSR count). The Hall–Kier alpha value is -2.77. The monoisotopic (exact) mass is 406 g/mol. The van der Waals surface area contributed by atoms with E-state index in [2.05, 4.69) is 15.3 Å². The van der Waals surface area contributed by atoms with E-state index in [0.29, 0.717) is 33.7 Å². The predicted octanol–water partition coefficient (Wildman–Crippen LogP) is 3.93. The summed E-state index contributed by atoms with van der Waals surface area (Å²) in [6.07, 6.45) is 4.50. The summed E-state index contributed by atoms with van der Waals surface area (Å²) in [5, 5.41) is 12.4. The van der Waals surface area contributed by atoms with Crippen molar-refractivity contribution in [1.82, 2.24) is 14.9 Å². The molecule has 0 N–H and O–H groups in total. The maximum absolute atomic E-state index is 6.27. The van der Waals surface area contributed by atoms with Gasteiger partial charge in [0.2, 0.25) is 0 Å². The third-order valence-electron chi connectivity index (χ3n) is 3.41. The van der Waals surface area contributed by atoms with Gasteiger partial charge in [-0.2, -0.15) is 5.10 Å². The molecule has 7 nitrogen and oxygen atoms in total. The molecular weight excluding hydrogens is 391 g/mol. The minimum absolute atomic E-state index is 0.284. The average molecular weight is 407 g/mol. The Kier molecular flexibility index (Phi) is 6.51. The molecule has 0 amide bonds. The van der Waals surface area contributed by atoms with Gasteiger partial charge in [0, 0.05) is 16.7 Å². The van der Waals surface area contributed by atoms with Crippen molar-refractivity contribution in [2.24, 2.45) is 5.10 Å². The molecule has 27 heavy (non-hydrogen) atoms. The summed E-state index contributed by atoms with van der Waals surface area (Å²) < 4.78 is 18.1. The van der Waals surface area contributed by atoms with Gasteiger partial charge in [0.15, 0.2) is 0 Å². The van der Waals surface area contributed by atoms with Crippen molar-refractivity contribution in [3.05, 3.63) is 64.7 Å². The van der Waals surface area contributed by atoms with Gasteiger partial charge in [-0.15, -0.1) is 10.2 Å². The highest BCUT2D eigenvalue weighted by atomic mass is 35.5. The maximum atomic E-state index is 6.27. The van der Waals surface area contributed by atoms with E-state index in [-0.39, 0.29) is 6.61 Å². The van der Waals surface area contributed by atoms with Crippen LogP contribution in [0.4, 0.5) is 0 Å². The molecule has 0 bridgehead atoms. The first-order chi connectivity index (χ1) is 13.2. The van der Waals surface area contributed by atoms with Crippen molar-refractivity contribution >= 4 is 29.4 Å². The number of aromatic nitrogens is 3. The first-order valence-electron chi connectivity index (χ1n) is 7.93. The van der Waals surface area contributed by atoms with E-state index in [1.54, 1.807) is 31.5 Å². The van der Waals surface area contributed by atoms with E-state index in [1.807, 2.05) is 18.2 Å². The Labute approximate surface area is 166 Å². The lowest BCUT2D eigenvalue weighted by atomic mass is 10.2. The van der Waals surface area contributed by atoms with Crippen LogP contribution in [0.2, 0.25) is 10.0 Å². The molecule has 1 aromatic heterocycles. The van der Waals surface area contributed by atoms with Gasteiger partial charge in [0.25, 0.3) is 0 Å². The number of hydrogen-bond donors (Lipinski definition) is 0. The fourth-order valence-electron chi connectivity index (χ4n) is 2.21. The van der Waals surface area contributed by atoms with Crippen molar-refractivity contribution < 1.29 is 14.2 Å². The molecule has 0 spiro atoms. The zero-order chi connectivity index (χ0) is 19.1. The summed E-state index contributed by atoms with van der Waals surface area (Å²) in [5.41, 5.74) is 0.627. The second kappa shape index (κ2) is 9.25. The number of benzene rings is 2. The molecule has 0 fully saturated rings. The molecule has 0 aliphatic heterocycles. The molecule has 140 valence electrons. The van der Waals surface area contributed by atoms with Gasteiger partial charge in [0.05, 0.1) is 18.3 Å². The van der Waals surface area contributed by atoms with E-state index in [9.17, 15) is 0 Å². The lowest BCUT2D eigenvalue weighted by molar-refractivity contribution is 0.216. The molecule has 3 aromatic rings. The van der Waals surface area contributed by atoms with E-state index < -0.39 is 0 Å². The van der Waals surface area contributed by atoms with E-state index in [1.165, 1.54) is 17.3 Å². The van der Waals surface area contributed by atoms with Crippen molar-refractivity contribution in [1.29, 1.82) is 0 Å². The minimum atomic E-state index is 0.284. The summed E-state index contributed by atoms with van der Waals surface area (Å²) >= 11 is 12.4. The van der Waals surface area contributed by atoms with Crippen molar-refractivity contribution in [3.63, 3.8) is 0 Å². The van der Waals surface area contributed by atoms with Crippen LogP contribution in [0.15, 0.2) is 54.2 Å². The molecule has 1 heterocycles. The van der Waals surface area contributed by atoms with Crippen LogP contribution in [0, 0.1) is 0 Å². The van der Waals surface area contributed by atoms with Crippen LogP contribution >= 0.6 is 23.2 Å². The molecule has 0 radical (unpaired) electrons. The van der Waals surface area contributed by atoms with Crippen LogP contribution < -0.4 is 14.2 Å². The number of methoxy groups -OCH3 is 1. The summed E-state index contributed by atoms with van der Waals surface area (Å²) in [5.74, 6) is 1.88. The zero-order valence-corrected chi connectivity index (χ0v) is 15.9. The standard InChI is InChI=1S/C18H16Cl2N4O3/c1-25-15-3-2-4-16(9-15)26-5-6-27-18-13(7-14(19)8-17(18)20)10-23-24-11-21-22-12-24/h2-4,7-12H,5-6H2,1H3/b23-10+. The molecule has 0 atom stereocenters. The van der Waals surface area contributed by atoms with Crippen LogP contribution in [0.5, 0.6) is 17.2 Å². The molecule has 0 unspecified atom stereocenters. The van der Waals surface area contributed by atoms with E-state index in [0.717, 1.165) is 5.75 Å². The molecule has 0 aliphatic carbocycles. The number of nitrogens with zero attached hydrogens (tertiary/aromatic N) is 4. The number of hydrogen-bond acceptors (Lipinski definition) is 6. The molecule has 2 aromatic carbocycles. The van der Waals surface area contributed by atoms with Crippen molar-refractivity contribution in [3.8, 4) is 17.2 Å². The Morgan fingerprint density at radius 1 is 1.04 bits per heavy atom. The van der Waals surface area contributed by atoms with Crippen molar-refractivity contribution in [2.45, 2.75) is 0 Å². The lowest BCUT2D eigenvalue weighted by Crippen LogP contribution is -2.10. The first-order valence-corrected chi connectivity index (χ1v) is 8.69. The SMILES string of the molecule is COc1cccc(OCCOc2c(Cl)cc(Cl)cc2/C=N/n2cnnc2)c1. The summed E-state index contributed by atoms with van der Waals surface area (Å²) in [6, 6.07) is 10.7. The fourth-order valence-corrected chi connectivity index (χ4v) is 2.77. The Morgan fingerprint density at radius 3 is 2.56 bits per heavy atom. The van der Waals surface area contributed by atoms with E-state index >= 15 is 0 Å². The number of rotatable bonds is 8. The smallest absolute Gasteiger partial charge is 0.147 e. The van der Waals surface area contributed by atoms with Crippen molar-refractivity contribution in [2.75, 3.05) is 20.3 Å². The van der Waals surface area contributed by atoms with Crippen LogP contribution in [0.25, 0.3) is 0 Å². The summed E-state index contributed by atoms with van der Waals surface area (Å²) in [6.45, 7) is 0.611. The van der Waals surface area contributed by atoms with E-state index in [4.69, 9.17) is 37.4 Å². The zero-order valence-electron chi connectivity index (χ0n) is 14.4. The van der Waals surface area contributed by atoms with Gasteiger partial charge in [-0.25, -0.2) is 4.68 Å². The largest absolute Gasteiger partial charge is 0.497 e. The van der Waals surface area contributed by atoms with Crippen LogP contribution in [-0.2, 0) is 0 Å². The minimum Gasteiger partial charge on any atom is -0.497 e. The highest BCUT2D eigenvalue weighted by Crippen LogP contribution is 2.31. The Bertz CT molecular complexity index is 917. The molecule has 0 saturated heterocycles. The van der Waals surface area contributed by atoms with Crippen LogP contribution in [0.1, 0.15) is 5.56 Å². The second-order valence-electron chi connectivity index (χ2n) is 5.27. The Morgan fingerprint density at radius 2 is 1.78 bits per heavy atom. The third kappa shape index (κ3) is 5.35. The van der Waals surface area contributed by atoms with Crippen LogP contribution in [0.3, 0.4) is 0 Å². The summed E-state index contributed by atoms with van der Waals surface area (Å²) in [7, 11) is 1.60. The molecule has 0 saturated carbocycles. The topological polar surface area (TPSA) is 70.8 Å². The van der Waals surface area contributed by atoms with Crippen LogP contribution in [-0.4, -0.2) is 41.4 Å². The highest BCUT2D eigenvalue weighted by molar-refractivity contribution is 6.36. The molecule has 0 aliphatic rings. The van der Waals surface area contributed by atoms with Gasteiger partial charge < -0.3 is 14.2 Å². The Balaban J connectivity index is 1.65. The quantitative estimate of drug-likeness (QED) is 0.418. The van der Waals surface area contributed by atoms with Gasteiger partial charge in [0.1, 0.15) is 43.1 Å². The second-order valence-corrected chi connectivity index (χ2v) is 6.11. The highest BCUT2D eigenvalue weighted by Gasteiger charge is 2.10. The number of halogens is 2. The fraction of sp³-hybridized carbons (Fsp3) is 0.167. The first kappa shape index (κ1) is 19.0. The molecule has 9 heteroatoms. The summed E-state index contributed by atoms with van der Waals surface area (Å²) in [4.78, 5) is 0. The van der Waals surface area contributed by atoms with Gasteiger partial charge in [-0.1, -0.05) is 29.3 Å².